The topological polar surface area (TPSA) is 78.5 Å². The largest absolute Gasteiger partial charge is 0.348 e. The first-order valence-electron chi connectivity index (χ1n) is 9.55. The highest BCUT2D eigenvalue weighted by Gasteiger charge is 2.38. The highest BCUT2D eigenvalue weighted by atomic mass is 32.2. The molecule has 2 N–H and O–H groups in total. The molecule has 1 saturated heterocycles. The third kappa shape index (κ3) is 5.17. The summed E-state index contributed by atoms with van der Waals surface area (Å²) >= 11 is 1.61. The Bertz CT molecular complexity index is 871. The number of hydrogen-bond acceptors (Lipinski definition) is 4. The van der Waals surface area contributed by atoms with Crippen LogP contribution >= 0.6 is 11.8 Å². The number of imide groups is 1. The lowest BCUT2D eigenvalue weighted by Crippen LogP contribution is -2.41. The van der Waals surface area contributed by atoms with Gasteiger partial charge in [-0.2, -0.15) is 11.8 Å². The molecule has 0 spiro atoms. The Labute approximate surface area is 175 Å². The Morgan fingerprint density at radius 1 is 1.10 bits per heavy atom. The maximum absolute atomic E-state index is 12.4. The van der Waals surface area contributed by atoms with Gasteiger partial charge in [-0.15, -0.1) is 0 Å². The zero-order valence-electron chi connectivity index (χ0n) is 16.6. The molecule has 2 aromatic rings. The van der Waals surface area contributed by atoms with Crippen LogP contribution in [0.5, 0.6) is 0 Å². The summed E-state index contributed by atoms with van der Waals surface area (Å²) in [6.07, 6.45) is 2.51. The maximum Gasteiger partial charge on any atom is 0.325 e. The van der Waals surface area contributed by atoms with Gasteiger partial charge < -0.3 is 10.6 Å². The molecular weight excluding hydrogens is 386 g/mol. The van der Waals surface area contributed by atoms with Gasteiger partial charge >= 0.3 is 6.03 Å². The number of urea groups is 1. The van der Waals surface area contributed by atoms with Crippen LogP contribution in [0.15, 0.2) is 54.6 Å². The molecule has 29 heavy (non-hydrogen) atoms. The van der Waals surface area contributed by atoms with Crippen molar-refractivity contribution >= 4 is 29.6 Å². The van der Waals surface area contributed by atoms with E-state index in [2.05, 4.69) is 10.6 Å². The van der Waals surface area contributed by atoms with Crippen LogP contribution in [-0.2, 0) is 9.59 Å². The predicted octanol–water partition coefficient (Wildman–Crippen LogP) is 3.20. The molecule has 0 bridgehead atoms. The Morgan fingerprint density at radius 2 is 1.76 bits per heavy atom. The number of carbonyl (C=O) groups is 3. The van der Waals surface area contributed by atoms with Crippen molar-refractivity contribution in [3.63, 3.8) is 0 Å². The van der Waals surface area contributed by atoms with Crippen molar-refractivity contribution in [1.82, 2.24) is 15.5 Å². The van der Waals surface area contributed by atoms with E-state index in [4.69, 9.17) is 0 Å². The molecular formula is C22H25N3O3S. The summed E-state index contributed by atoms with van der Waals surface area (Å²) < 4.78 is 0. The van der Waals surface area contributed by atoms with E-state index in [-0.39, 0.29) is 24.4 Å². The molecule has 1 aliphatic rings. The van der Waals surface area contributed by atoms with Crippen molar-refractivity contribution < 1.29 is 14.4 Å². The van der Waals surface area contributed by atoms with E-state index in [1.807, 2.05) is 67.8 Å². The lowest BCUT2D eigenvalue weighted by atomic mass is 10.0. The van der Waals surface area contributed by atoms with Crippen molar-refractivity contribution in [3.05, 3.63) is 60.2 Å². The van der Waals surface area contributed by atoms with Crippen LogP contribution in [0.25, 0.3) is 11.1 Å². The molecule has 1 aliphatic heterocycles. The minimum atomic E-state index is -0.536. The van der Waals surface area contributed by atoms with Crippen molar-refractivity contribution in [2.24, 2.45) is 0 Å². The lowest BCUT2D eigenvalue weighted by Gasteiger charge is -2.18. The number of amides is 4. The van der Waals surface area contributed by atoms with Gasteiger partial charge in [0.15, 0.2) is 0 Å². The Morgan fingerprint density at radius 3 is 2.41 bits per heavy atom. The van der Waals surface area contributed by atoms with Crippen molar-refractivity contribution in [3.8, 4) is 11.1 Å². The smallest absolute Gasteiger partial charge is 0.325 e. The van der Waals surface area contributed by atoms with Gasteiger partial charge in [0.25, 0.3) is 5.91 Å². The van der Waals surface area contributed by atoms with E-state index in [0.717, 1.165) is 27.3 Å². The Hall–Kier alpha value is -2.80. The molecule has 2 atom stereocenters. The molecule has 152 valence electrons. The van der Waals surface area contributed by atoms with Gasteiger partial charge in [0.05, 0.1) is 6.04 Å². The van der Waals surface area contributed by atoms with Gasteiger partial charge in [0.1, 0.15) is 12.6 Å². The standard InChI is InChI=1S/C22H25N3O3S/c1-15(16-8-10-18(11-9-16)17-6-4-3-5-7-17)23-20(26)14-25-21(27)19(12-13-29-2)24-22(25)28/h3-11,15,19H,12-14H2,1-2H3,(H,23,26)(H,24,28)/t15-,19+/m1/s1. The van der Waals surface area contributed by atoms with E-state index >= 15 is 0 Å². The number of rotatable bonds is 8. The minimum Gasteiger partial charge on any atom is -0.348 e. The van der Waals surface area contributed by atoms with Gasteiger partial charge in [-0.05, 0) is 42.0 Å². The molecule has 0 saturated carbocycles. The van der Waals surface area contributed by atoms with Crippen molar-refractivity contribution in [2.75, 3.05) is 18.6 Å². The molecule has 1 heterocycles. The summed E-state index contributed by atoms with van der Waals surface area (Å²) in [6.45, 7) is 1.61. The molecule has 4 amide bonds. The molecule has 7 heteroatoms. The quantitative estimate of drug-likeness (QED) is 0.654. The number of carbonyl (C=O) groups excluding carboxylic acids is 3. The highest BCUT2D eigenvalue weighted by molar-refractivity contribution is 7.98. The monoisotopic (exact) mass is 411 g/mol. The molecule has 0 aliphatic carbocycles. The molecule has 2 aromatic carbocycles. The van der Waals surface area contributed by atoms with Gasteiger partial charge in [0.2, 0.25) is 5.91 Å². The van der Waals surface area contributed by atoms with Crippen molar-refractivity contribution in [2.45, 2.75) is 25.4 Å². The average Bonchev–Trinajstić information content (AvgIpc) is 3.00. The maximum atomic E-state index is 12.4. The SMILES string of the molecule is CSCC[C@@H]1NC(=O)N(CC(=O)N[C@H](C)c2ccc(-c3ccccc3)cc2)C1=O. The first-order valence-corrected chi connectivity index (χ1v) is 10.9. The average molecular weight is 412 g/mol. The van der Waals surface area contributed by atoms with E-state index in [1.165, 1.54) is 0 Å². The zero-order chi connectivity index (χ0) is 20.8. The number of nitrogens with zero attached hydrogens (tertiary/aromatic N) is 1. The van der Waals surface area contributed by atoms with Gasteiger partial charge in [-0.3, -0.25) is 14.5 Å². The Kier molecular flexibility index (Phi) is 6.93. The van der Waals surface area contributed by atoms with E-state index < -0.39 is 12.1 Å². The summed E-state index contributed by atoms with van der Waals surface area (Å²) in [5, 5.41) is 5.51. The van der Waals surface area contributed by atoms with Gasteiger partial charge in [0, 0.05) is 0 Å². The second-order valence-electron chi connectivity index (χ2n) is 6.99. The Balaban J connectivity index is 1.56. The first-order chi connectivity index (χ1) is 14.0. The van der Waals surface area contributed by atoms with E-state index in [9.17, 15) is 14.4 Å². The first kappa shape index (κ1) is 20.9. The summed E-state index contributed by atoms with van der Waals surface area (Å²) in [5.41, 5.74) is 3.18. The van der Waals surface area contributed by atoms with Gasteiger partial charge in [-0.1, -0.05) is 54.6 Å². The fraction of sp³-hybridized carbons (Fsp3) is 0.318. The summed E-state index contributed by atoms with van der Waals surface area (Å²) in [4.78, 5) is 37.8. The fourth-order valence-corrected chi connectivity index (χ4v) is 3.74. The second kappa shape index (κ2) is 9.60. The second-order valence-corrected chi connectivity index (χ2v) is 7.97. The van der Waals surface area contributed by atoms with Crippen LogP contribution < -0.4 is 10.6 Å². The van der Waals surface area contributed by atoms with E-state index in [1.54, 1.807) is 11.8 Å². The van der Waals surface area contributed by atoms with Gasteiger partial charge in [-0.25, -0.2) is 4.79 Å². The third-order valence-corrected chi connectivity index (χ3v) is 5.56. The van der Waals surface area contributed by atoms with Crippen LogP contribution in [0, 0.1) is 0 Å². The molecule has 0 aromatic heterocycles. The van der Waals surface area contributed by atoms with Crippen LogP contribution in [0.1, 0.15) is 24.9 Å². The lowest BCUT2D eigenvalue weighted by molar-refractivity contribution is -0.132. The minimum absolute atomic E-state index is 0.236. The third-order valence-electron chi connectivity index (χ3n) is 4.91. The molecule has 3 rings (SSSR count). The normalized spacial score (nSPS) is 17.2. The predicted molar refractivity (Wildman–Crippen MR) is 115 cm³/mol. The number of thioether (sulfide) groups is 1. The number of benzene rings is 2. The molecule has 1 fully saturated rings. The molecule has 6 nitrogen and oxygen atoms in total. The van der Waals surface area contributed by atoms with Crippen molar-refractivity contribution in [1.29, 1.82) is 0 Å². The van der Waals surface area contributed by atoms with Crippen LogP contribution in [0.2, 0.25) is 0 Å². The van der Waals surface area contributed by atoms with Crippen LogP contribution in [0.3, 0.4) is 0 Å². The number of hydrogen-bond donors (Lipinski definition) is 2. The summed E-state index contributed by atoms with van der Waals surface area (Å²) in [6, 6.07) is 16.8. The van der Waals surface area contributed by atoms with Crippen LogP contribution in [-0.4, -0.2) is 47.3 Å². The van der Waals surface area contributed by atoms with Crippen LogP contribution in [0.4, 0.5) is 4.79 Å². The zero-order valence-corrected chi connectivity index (χ0v) is 17.4. The fourth-order valence-electron chi connectivity index (χ4n) is 3.27. The van der Waals surface area contributed by atoms with E-state index in [0.29, 0.717) is 6.42 Å². The molecule has 0 unspecified atom stereocenters. The number of nitrogens with one attached hydrogen (secondary N) is 2. The summed E-state index contributed by atoms with van der Waals surface area (Å²) in [7, 11) is 0. The highest BCUT2D eigenvalue weighted by Crippen LogP contribution is 2.22. The summed E-state index contributed by atoms with van der Waals surface area (Å²) in [5.74, 6) is 0.0740. The molecule has 0 radical (unpaired) electrons.